The summed E-state index contributed by atoms with van der Waals surface area (Å²) in [5.41, 5.74) is -0.333. The molecular formula is C7H4BrClF3N. The third-order valence-electron chi connectivity index (χ3n) is 1.37. The number of nitrogens with zero attached hydrogens (tertiary/aromatic N) is 1. The monoisotopic (exact) mass is 273 g/mol. The lowest BCUT2D eigenvalue weighted by Crippen LogP contribution is -1.97. The molecule has 0 saturated heterocycles. The summed E-state index contributed by atoms with van der Waals surface area (Å²) in [6, 6.07) is 1.07. The summed E-state index contributed by atoms with van der Waals surface area (Å²) >= 11 is 8.02. The lowest BCUT2D eigenvalue weighted by molar-refractivity contribution is 0.149. The molecule has 1 nitrogen and oxygen atoms in total. The Morgan fingerprint density at radius 3 is 2.62 bits per heavy atom. The van der Waals surface area contributed by atoms with E-state index in [0.29, 0.717) is 0 Å². The second-order valence-electron chi connectivity index (χ2n) is 2.24. The summed E-state index contributed by atoms with van der Waals surface area (Å²) in [5.74, 6) is -1.06. The minimum atomic E-state index is -2.74. The second kappa shape index (κ2) is 4.28. The van der Waals surface area contributed by atoms with E-state index >= 15 is 0 Å². The van der Waals surface area contributed by atoms with E-state index in [4.69, 9.17) is 11.6 Å². The van der Waals surface area contributed by atoms with Crippen LogP contribution < -0.4 is 0 Å². The molecule has 0 fully saturated rings. The molecule has 0 bridgehead atoms. The van der Waals surface area contributed by atoms with Gasteiger partial charge in [0.1, 0.15) is 0 Å². The van der Waals surface area contributed by atoms with Gasteiger partial charge < -0.3 is 0 Å². The molecule has 0 atom stereocenters. The van der Waals surface area contributed by atoms with Crippen molar-refractivity contribution in [2.24, 2.45) is 0 Å². The Hall–Kier alpha value is -0.290. The summed E-state index contributed by atoms with van der Waals surface area (Å²) in [6.07, 6.45) is -2.74. The van der Waals surface area contributed by atoms with Crippen molar-refractivity contribution in [1.29, 1.82) is 0 Å². The van der Waals surface area contributed by atoms with Gasteiger partial charge in [0.05, 0.1) is 16.0 Å². The number of rotatable bonds is 2. The van der Waals surface area contributed by atoms with Crippen molar-refractivity contribution in [3.05, 3.63) is 27.7 Å². The van der Waals surface area contributed by atoms with Gasteiger partial charge in [-0.15, -0.1) is 11.6 Å². The van der Waals surface area contributed by atoms with E-state index in [1.807, 2.05) is 0 Å². The van der Waals surface area contributed by atoms with Gasteiger partial charge in [-0.1, -0.05) is 0 Å². The molecule has 0 radical (unpaired) electrons. The van der Waals surface area contributed by atoms with Crippen molar-refractivity contribution in [2.75, 3.05) is 0 Å². The first-order valence-corrected chi connectivity index (χ1v) is 4.58. The molecule has 0 N–H and O–H groups in total. The van der Waals surface area contributed by atoms with Crippen LogP contribution in [0.15, 0.2) is 10.5 Å². The predicted molar refractivity (Wildman–Crippen MR) is 46.4 cm³/mol. The smallest absolute Gasteiger partial charge is 0.223 e. The van der Waals surface area contributed by atoms with Gasteiger partial charge in [-0.3, -0.25) is 0 Å². The van der Waals surface area contributed by atoms with Crippen molar-refractivity contribution in [2.45, 2.75) is 12.3 Å². The average Bonchev–Trinajstić information content (AvgIpc) is 2.09. The van der Waals surface area contributed by atoms with E-state index < -0.39 is 17.9 Å². The molecule has 1 aromatic heterocycles. The zero-order valence-electron chi connectivity index (χ0n) is 6.20. The number of aromatic nitrogens is 1. The fourth-order valence-corrected chi connectivity index (χ4v) is 1.31. The molecule has 0 amide bonds. The van der Waals surface area contributed by atoms with Crippen LogP contribution in [0.4, 0.5) is 13.2 Å². The zero-order valence-corrected chi connectivity index (χ0v) is 8.54. The quantitative estimate of drug-likeness (QED) is 0.592. The van der Waals surface area contributed by atoms with Crippen LogP contribution in [0.1, 0.15) is 17.7 Å². The zero-order chi connectivity index (χ0) is 10.0. The third kappa shape index (κ3) is 2.34. The Morgan fingerprint density at radius 1 is 1.54 bits per heavy atom. The minimum absolute atomic E-state index is 0.0933. The first-order chi connectivity index (χ1) is 6.06. The van der Waals surface area contributed by atoms with Crippen molar-refractivity contribution in [3.63, 3.8) is 0 Å². The van der Waals surface area contributed by atoms with Gasteiger partial charge in [0.2, 0.25) is 5.95 Å². The van der Waals surface area contributed by atoms with Crippen LogP contribution >= 0.6 is 27.5 Å². The molecule has 0 aliphatic heterocycles. The van der Waals surface area contributed by atoms with Crippen molar-refractivity contribution < 1.29 is 13.2 Å². The van der Waals surface area contributed by atoms with Crippen molar-refractivity contribution in [3.8, 4) is 0 Å². The van der Waals surface area contributed by atoms with E-state index in [-0.39, 0.29) is 16.0 Å². The van der Waals surface area contributed by atoms with Crippen LogP contribution in [0.25, 0.3) is 0 Å². The maximum Gasteiger partial charge on any atom is 0.265 e. The van der Waals surface area contributed by atoms with Crippen LogP contribution in [0.3, 0.4) is 0 Å². The van der Waals surface area contributed by atoms with E-state index in [1.165, 1.54) is 0 Å². The molecule has 0 aliphatic carbocycles. The first kappa shape index (κ1) is 10.8. The molecule has 0 spiro atoms. The maximum atomic E-state index is 12.8. The van der Waals surface area contributed by atoms with Gasteiger partial charge in [0, 0.05) is 5.56 Å². The second-order valence-corrected chi connectivity index (χ2v) is 3.30. The topological polar surface area (TPSA) is 12.9 Å². The minimum Gasteiger partial charge on any atom is -0.223 e. The van der Waals surface area contributed by atoms with Crippen LogP contribution in [0.5, 0.6) is 0 Å². The standard InChI is InChI=1S/C7H4BrClF3N/c8-5-4(6(10)11)1-3(2-9)13-7(5)12/h1,6H,2H2. The van der Waals surface area contributed by atoms with Crippen LogP contribution in [-0.2, 0) is 5.88 Å². The summed E-state index contributed by atoms with van der Waals surface area (Å²) < 4.78 is 37.0. The first-order valence-electron chi connectivity index (χ1n) is 3.25. The molecule has 1 aromatic rings. The van der Waals surface area contributed by atoms with Crippen molar-refractivity contribution in [1.82, 2.24) is 4.98 Å². The van der Waals surface area contributed by atoms with Gasteiger partial charge in [0.25, 0.3) is 6.43 Å². The normalized spacial score (nSPS) is 10.9. The Morgan fingerprint density at radius 2 is 2.15 bits per heavy atom. The highest BCUT2D eigenvalue weighted by molar-refractivity contribution is 9.10. The molecule has 13 heavy (non-hydrogen) atoms. The van der Waals surface area contributed by atoms with E-state index in [1.54, 1.807) is 0 Å². The molecule has 1 rings (SSSR count). The van der Waals surface area contributed by atoms with Crippen LogP contribution in [0, 0.1) is 5.95 Å². The molecule has 0 saturated carbocycles. The molecule has 72 valence electrons. The van der Waals surface area contributed by atoms with Crippen molar-refractivity contribution >= 4 is 27.5 Å². The lowest BCUT2D eigenvalue weighted by atomic mass is 10.2. The molecule has 6 heteroatoms. The number of pyridine rings is 1. The Bertz CT molecular complexity index is 319. The van der Waals surface area contributed by atoms with E-state index in [0.717, 1.165) is 6.07 Å². The van der Waals surface area contributed by atoms with Gasteiger partial charge in [0.15, 0.2) is 0 Å². The number of alkyl halides is 3. The molecule has 0 unspecified atom stereocenters. The predicted octanol–water partition coefficient (Wildman–Crippen LogP) is 3.66. The van der Waals surface area contributed by atoms with Gasteiger partial charge >= 0.3 is 0 Å². The SMILES string of the molecule is Fc1nc(CCl)cc(C(F)F)c1Br. The Labute approximate surface area is 86.0 Å². The van der Waals surface area contributed by atoms with E-state index in [9.17, 15) is 13.2 Å². The highest BCUT2D eigenvalue weighted by Crippen LogP contribution is 2.29. The third-order valence-corrected chi connectivity index (χ3v) is 2.43. The van der Waals surface area contributed by atoms with Gasteiger partial charge in [-0.05, 0) is 22.0 Å². The molecule has 1 heterocycles. The molecule has 0 aromatic carbocycles. The Kier molecular flexibility index (Phi) is 3.55. The largest absolute Gasteiger partial charge is 0.265 e. The fraction of sp³-hybridized carbons (Fsp3) is 0.286. The van der Waals surface area contributed by atoms with Crippen LogP contribution in [-0.4, -0.2) is 4.98 Å². The maximum absolute atomic E-state index is 12.8. The summed E-state index contributed by atoms with van der Waals surface area (Å²) in [7, 11) is 0. The lowest BCUT2D eigenvalue weighted by Gasteiger charge is -2.05. The average molecular weight is 274 g/mol. The van der Waals surface area contributed by atoms with Gasteiger partial charge in [-0.2, -0.15) is 4.39 Å². The summed E-state index contributed by atoms with van der Waals surface area (Å²) in [4.78, 5) is 3.36. The van der Waals surface area contributed by atoms with Gasteiger partial charge in [-0.25, -0.2) is 13.8 Å². The highest BCUT2D eigenvalue weighted by atomic mass is 79.9. The fourth-order valence-electron chi connectivity index (χ4n) is 0.797. The molecular weight excluding hydrogens is 270 g/mol. The van der Waals surface area contributed by atoms with Crippen LogP contribution in [0.2, 0.25) is 0 Å². The summed E-state index contributed by atoms with van der Waals surface area (Å²) in [6.45, 7) is 0. The van der Waals surface area contributed by atoms with E-state index in [2.05, 4.69) is 20.9 Å². The summed E-state index contributed by atoms with van der Waals surface area (Å²) in [5, 5.41) is 0. The number of halogens is 5. The highest BCUT2D eigenvalue weighted by Gasteiger charge is 2.17. The Balaban J connectivity index is 3.25. The molecule has 0 aliphatic rings. The number of hydrogen-bond acceptors (Lipinski definition) is 1. The number of hydrogen-bond donors (Lipinski definition) is 0.